The highest BCUT2D eigenvalue weighted by Gasteiger charge is 2.33. The standard InChI is InChI=1S/C17H20N4O2/c1-13(22)20-10-11-21(17(23)15-8-9-18-19(15)2)16(12-20)14-6-4-3-5-7-14/h3-9,16H,10-12H2,1-2H3. The predicted octanol–water partition coefficient (Wildman–Crippen LogP) is 1.47. The number of amides is 2. The molecule has 6 nitrogen and oxygen atoms in total. The first-order valence-electron chi connectivity index (χ1n) is 7.67. The van der Waals surface area contributed by atoms with Crippen LogP contribution in [0.1, 0.15) is 29.0 Å². The van der Waals surface area contributed by atoms with Crippen molar-refractivity contribution in [1.82, 2.24) is 19.6 Å². The molecule has 1 fully saturated rings. The number of benzene rings is 1. The van der Waals surface area contributed by atoms with E-state index in [1.807, 2.05) is 35.2 Å². The van der Waals surface area contributed by atoms with E-state index in [-0.39, 0.29) is 17.9 Å². The maximum atomic E-state index is 12.9. The van der Waals surface area contributed by atoms with Crippen LogP contribution in [-0.2, 0) is 11.8 Å². The van der Waals surface area contributed by atoms with Gasteiger partial charge in [0, 0.05) is 39.8 Å². The van der Waals surface area contributed by atoms with Gasteiger partial charge in [-0.05, 0) is 11.6 Å². The van der Waals surface area contributed by atoms with Gasteiger partial charge in [0.2, 0.25) is 5.91 Å². The Hall–Kier alpha value is -2.63. The van der Waals surface area contributed by atoms with Crippen LogP contribution in [-0.4, -0.2) is 51.0 Å². The Bertz CT molecular complexity index is 710. The third-order valence-corrected chi connectivity index (χ3v) is 4.31. The van der Waals surface area contributed by atoms with Gasteiger partial charge in [-0.25, -0.2) is 0 Å². The molecule has 1 aliphatic heterocycles. The zero-order valence-electron chi connectivity index (χ0n) is 13.3. The molecule has 2 heterocycles. The first-order chi connectivity index (χ1) is 11.1. The van der Waals surface area contributed by atoms with Gasteiger partial charge in [0.25, 0.3) is 5.91 Å². The van der Waals surface area contributed by atoms with E-state index < -0.39 is 0 Å². The summed E-state index contributed by atoms with van der Waals surface area (Å²) in [7, 11) is 1.76. The van der Waals surface area contributed by atoms with E-state index in [4.69, 9.17) is 0 Å². The minimum absolute atomic E-state index is 0.0403. The maximum absolute atomic E-state index is 12.9. The second-order valence-electron chi connectivity index (χ2n) is 5.73. The van der Waals surface area contributed by atoms with Crippen LogP contribution in [0.3, 0.4) is 0 Å². The fourth-order valence-corrected chi connectivity index (χ4v) is 3.00. The van der Waals surface area contributed by atoms with Crippen molar-refractivity contribution in [1.29, 1.82) is 0 Å². The molecule has 1 saturated heterocycles. The second-order valence-corrected chi connectivity index (χ2v) is 5.73. The molecule has 2 amide bonds. The summed E-state index contributed by atoms with van der Waals surface area (Å²) in [4.78, 5) is 28.3. The minimum atomic E-state index is -0.142. The van der Waals surface area contributed by atoms with Crippen LogP contribution < -0.4 is 0 Å². The van der Waals surface area contributed by atoms with Crippen LogP contribution in [0.15, 0.2) is 42.6 Å². The first kappa shape index (κ1) is 15.3. The van der Waals surface area contributed by atoms with Gasteiger partial charge in [0.15, 0.2) is 0 Å². The molecule has 6 heteroatoms. The highest BCUT2D eigenvalue weighted by Crippen LogP contribution is 2.27. The lowest BCUT2D eigenvalue weighted by Gasteiger charge is -2.41. The molecule has 1 atom stereocenters. The molecule has 0 spiro atoms. The normalized spacial score (nSPS) is 18.1. The zero-order valence-corrected chi connectivity index (χ0v) is 13.3. The van der Waals surface area contributed by atoms with Gasteiger partial charge in [-0.15, -0.1) is 0 Å². The third kappa shape index (κ3) is 2.97. The van der Waals surface area contributed by atoms with Crippen LogP contribution in [0.2, 0.25) is 0 Å². The van der Waals surface area contributed by atoms with Crippen LogP contribution >= 0.6 is 0 Å². The number of nitrogens with zero attached hydrogens (tertiary/aromatic N) is 4. The van der Waals surface area contributed by atoms with Crippen LogP contribution in [0.25, 0.3) is 0 Å². The molecule has 2 aromatic rings. The molecule has 120 valence electrons. The summed E-state index contributed by atoms with van der Waals surface area (Å²) in [5, 5.41) is 4.08. The van der Waals surface area contributed by atoms with Crippen LogP contribution in [0, 0.1) is 0 Å². The fraction of sp³-hybridized carbons (Fsp3) is 0.353. The van der Waals surface area contributed by atoms with Crippen molar-refractivity contribution in [2.45, 2.75) is 13.0 Å². The molecule has 0 N–H and O–H groups in total. The third-order valence-electron chi connectivity index (χ3n) is 4.31. The SMILES string of the molecule is CC(=O)N1CCN(C(=O)c2ccnn2C)C(c2ccccc2)C1. The molecule has 23 heavy (non-hydrogen) atoms. The lowest BCUT2D eigenvalue weighted by atomic mass is 10.0. The Morgan fingerprint density at radius 1 is 1.13 bits per heavy atom. The summed E-state index contributed by atoms with van der Waals surface area (Å²) >= 11 is 0. The molecule has 1 aromatic carbocycles. The van der Waals surface area contributed by atoms with Gasteiger partial charge >= 0.3 is 0 Å². The van der Waals surface area contributed by atoms with E-state index in [1.54, 1.807) is 35.8 Å². The smallest absolute Gasteiger partial charge is 0.272 e. The second kappa shape index (κ2) is 6.24. The van der Waals surface area contributed by atoms with Crippen molar-refractivity contribution >= 4 is 11.8 Å². The summed E-state index contributed by atoms with van der Waals surface area (Å²) in [5.41, 5.74) is 1.59. The molecular weight excluding hydrogens is 292 g/mol. The van der Waals surface area contributed by atoms with Gasteiger partial charge in [-0.1, -0.05) is 30.3 Å². The van der Waals surface area contributed by atoms with Crippen molar-refractivity contribution in [2.75, 3.05) is 19.6 Å². The first-order valence-corrected chi connectivity index (χ1v) is 7.67. The van der Waals surface area contributed by atoms with Crippen molar-refractivity contribution in [3.8, 4) is 0 Å². The number of rotatable bonds is 2. The number of hydrogen-bond donors (Lipinski definition) is 0. The van der Waals surface area contributed by atoms with E-state index in [2.05, 4.69) is 5.10 Å². The van der Waals surface area contributed by atoms with Crippen LogP contribution in [0.5, 0.6) is 0 Å². The largest absolute Gasteiger partial charge is 0.339 e. The Morgan fingerprint density at radius 3 is 2.48 bits per heavy atom. The van der Waals surface area contributed by atoms with Crippen molar-refractivity contribution in [2.24, 2.45) is 7.05 Å². The lowest BCUT2D eigenvalue weighted by molar-refractivity contribution is -0.131. The van der Waals surface area contributed by atoms with Crippen molar-refractivity contribution in [3.63, 3.8) is 0 Å². The zero-order chi connectivity index (χ0) is 16.4. The topological polar surface area (TPSA) is 58.4 Å². The fourth-order valence-electron chi connectivity index (χ4n) is 3.00. The number of aromatic nitrogens is 2. The van der Waals surface area contributed by atoms with Gasteiger partial charge in [-0.2, -0.15) is 5.10 Å². The van der Waals surface area contributed by atoms with Gasteiger partial charge in [0.1, 0.15) is 5.69 Å². The monoisotopic (exact) mass is 312 g/mol. The highest BCUT2D eigenvalue weighted by molar-refractivity contribution is 5.93. The van der Waals surface area contributed by atoms with E-state index in [1.165, 1.54) is 0 Å². The highest BCUT2D eigenvalue weighted by atomic mass is 16.2. The molecule has 0 radical (unpaired) electrons. The minimum Gasteiger partial charge on any atom is -0.339 e. The molecule has 1 aliphatic rings. The van der Waals surface area contributed by atoms with E-state index in [0.29, 0.717) is 25.3 Å². The molecule has 0 aliphatic carbocycles. The lowest BCUT2D eigenvalue weighted by Crippen LogP contribution is -2.52. The average molecular weight is 312 g/mol. The van der Waals surface area contributed by atoms with Gasteiger partial charge in [0.05, 0.1) is 6.04 Å². The number of hydrogen-bond acceptors (Lipinski definition) is 3. The molecule has 0 bridgehead atoms. The van der Waals surface area contributed by atoms with Gasteiger partial charge < -0.3 is 9.80 Å². The Kier molecular flexibility index (Phi) is 4.14. The number of piperazine rings is 1. The Balaban J connectivity index is 1.92. The van der Waals surface area contributed by atoms with E-state index in [0.717, 1.165) is 5.56 Å². The number of carbonyl (C=O) groups excluding carboxylic acids is 2. The molecule has 0 saturated carbocycles. The van der Waals surface area contributed by atoms with E-state index in [9.17, 15) is 9.59 Å². The number of carbonyl (C=O) groups is 2. The quantitative estimate of drug-likeness (QED) is 0.843. The summed E-state index contributed by atoms with van der Waals surface area (Å²) in [6, 6.07) is 11.4. The molecular formula is C17H20N4O2. The molecule has 3 rings (SSSR count). The predicted molar refractivity (Wildman–Crippen MR) is 85.7 cm³/mol. The molecule has 1 aromatic heterocycles. The Morgan fingerprint density at radius 2 is 1.87 bits per heavy atom. The van der Waals surface area contributed by atoms with Gasteiger partial charge in [-0.3, -0.25) is 14.3 Å². The van der Waals surface area contributed by atoms with E-state index >= 15 is 0 Å². The summed E-state index contributed by atoms with van der Waals surface area (Å²) in [6.45, 7) is 3.16. The summed E-state index contributed by atoms with van der Waals surface area (Å²) in [5.74, 6) is -0.0133. The Labute approximate surface area is 135 Å². The summed E-state index contributed by atoms with van der Waals surface area (Å²) in [6.07, 6.45) is 1.62. The number of aryl methyl sites for hydroxylation is 1. The van der Waals surface area contributed by atoms with Crippen LogP contribution in [0.4, 0.5) is 0 Å². The maximum Gasteiger partial charge on any atom is 0.272 e. The van der Waals surface area contributed by atoms with Crippen molar-refractivity contribution < 1.29 is 9.59 Å². The van der Waals surface area contributed by atoms with Crippen molar-refractivity contribution in [3.05, 3.63) is 53.9 Å². The summed E-state index contributed by atoms with van der Waals surface area (Å²) < 4.78 is 1.59. The molecule has 1 unspecified atom stereocenters. The average Bonchev–Trinajstić information content (AvgIpc) is 3.00.